The summed E-state index contributed by atoms with van der Waals surface area (Å²) in [6.45, 7) is 5.86. The molecule has 3 unspecified atom stereocenters. The van der Waals surface area contributed by atoms with E-state index < -0.39 is 0 Å². The van der Waals surface area contributed by atoms with E-state index in [0.29, 0.717) is 24.5 Å². The highest BCUT2D eigenvalue weighted by atomic mass is 127. The van der Waals surface area contributed by atoms with Gasteiger partial charge in [-0.3, -0.25) is 4.99 Å². The first kappa shape index (κ1) is 22.1. The van der Waals surface area contributed by atoms with Crippen LogP contribution in [0.4, 0.5) is 0 Å². The van der Waals surface area contributed by atoms with Crippen molar-refractivity contribution in [2.45, 2.75) is 77.4 Å². The molecule has 2 aromatic heterocycles. The number of hydrogen-bond donors (Lipinski definition) is 2. The fourth-order valence-electron chi connectivity index (χ4n) is 4.32. The molecule has 8 heteroatoms. The van der Waals surface area contributed by atoms with Crippen LogP contribution in [0.5, 0.6) is 0 Å². The molecule has 29 heavy (non-hydrogen) atoms. The summed E-state index contributed by atoms with van der Waals surface area (Å²) in [5.74, 6) is 4.55. The lowest BCUT2D eigenvalue weighted by Crippen LogP contribution is -2.52. The maximum Gasteiger partial charge on any atom is 0.191 e. The van der Waals surface area contributed by atoms with Gasteiger partial charge in [-0.1, -0.05) is 19.8 Å². The van der Waals surface area contributed by atoms with Gasteiger partial charge in [0, 0.05) is 31.5 Å². The van der Waals surface area contributed by atoms with Gasteiger partial charge in [0.2, 0.25) is 0 Å². The van der Waals surface area contributed by atoms with E-state index in [0.717, 1.165) is 49.2 Å². The lowest BCUT2D eigenvalue weighted by Gasteiger charge is -2.33. The first-order valence-corrected chi connectivity index (χ1v) is 10.7. The maximum absolute atomic E-state index is 5.45. The van der Waals surface area contributed by atoms with E-state index in [4.69, 9.17) is 9.41 Å². The van der Waals surface area contributed by atoms with Crippen LogP contribution in [0.1, 0.15) is 56.4 Å². The van der Waals surface area contributed by atoms with E-state index in [2.05, 4.69) is 27.6 Å². The molecule has 1 fully saturated rings. The molecule has 2 aromatic rings. The number of rotatable bonds is 5. The van der Waals surface area contributed by atoms with E-state index in [1.165, 1.54) is 25.7 Å². The van der Waals surface area contributed by atoms with Gasteiger partial charge >= 0.3 is 0 Å². The Labute approximate surface area is 190 Å². The fourth-order valence-corrected chi connectivity index (χ4v) is 4.32. The summed E-state index contributed by atoms with van der Waals surface area (Å²) in [7, 11) is 0. The second-order valence-electron chi connectivity index (χ2n) is 8.21. The molecule has 0 spiro atoms. The van der Waals surface area contributed by atoms with E-state index in [9.17, 15) is 0 Å². The Morgan fingerprint density at radius 1 is 1.28 bits per heavy atom. The summed E-state index contributed by atoms with van der Waals surface area (Å²) in [6.07, 6.45) is 9.70. The summed E-state index contributed by atoms with van der Waals surface area (Å²) in [4.78, 5) is 9.39. The van der Waals surface area contributed by atoms with E-state index >= 15 is 0 Å². The monoisotopic (exact) mass is 512 g/mol. The number of halogens is 1. The smallest absolute Gasteiger partial charge is 0.191 e. The fraction of sp³-hybridized carbons (Fsp3) is 0.667. The molecule has 2 aliphatic rings. The third-order valence-corrected chi connectivity index (χ3v) is 5.95. The van der Waals surface area contributed by atoms with Crippen molar-refractivity contribution in [2.75, 3.05) is 6.54 Å². The Bertz CT molecular complexity index is 787. The second kappa shape index (κ2) is 10.4. The molecule has 160 valence electrons. The molecule has 3 atom stereocenters. The van der Waals surface area contributed by atoms with Crippen molar-refractivity contribution >= 4 is 29.9 Å². The van der Waals surface area contributed by atoms with E-state index in [1.807, 2.05) is 23.7 Å². The highest BCUT2D eigenvalue weighted by Crippen LogP contribution is 2.23. The number of guanidine groups is 1. The lowest BCUT2D eigenvalue weighted by molar-refractivity contribution is 0.303. The van der Waals surface area contributed by atoms with Crippen LogP contribution < -0.4 is 10.6 Å². The van der Waals surface area contributed by atoms with Gasteiger partial charge in [0.05, 0.1) is 12.8 Å². The Morgan fingerprint density at radius 2 is 2.14 bits per heavy atom. The molecule has 3 heterocycles. The second-order valence-corrected chi connectivity index (χ2v) is 8.21. The molecule has 0 aromatic carbocycles. The standard InChI is InChI=1S/C21H32N6O.HI/c1-15-6-3-4-8-19(15)25-21(22-12-11-18-7-5-13-28-18)24-17-9-10-20-23-16(2)26-27(20)14-17;/h5,7,13,15,17,19H,3-4,6,8-12,14H2,1-2H3,(H2,22,24,25);1H. The van der Waals surface area contributed by atoms with Crippen LogP contribution >= 0.6 is 24.0 Å². The van der Waals surface area contributed by atoms with Crippen molar-refractivity contribution in [3.8, 4) is 0 Å². The molecular weight excluding hydrogens is 479 g/mol. The number of nitrogens with zero attached hydrogens (tertiary/aromatic N) is 4. The molecule has 7 nitrogen and oxygen atoms in total. The summed E-state index contributed by atoms with van der Waals surface area (Å²) in [6, 6.07) is 4.76. The molecule has 2 N–H and O–H groups in total. The third kappa shape index (κ3) is 5.96. The van der Waals surface area contributed by atoms with Crippen molar-refractivity contribution in [1.29, 1.82) is 0 Å². The highest BCUT2D eigenvalue weighted by Gasteiger charge is 2.25. The third-order valence-electron chi connectivity index (χ3n) is 5.95. The molecule has 4 rings (SSSR count). The summed E-state index contributed by atoms with van der Waals surface area (Å²) in [5.41, 5.74) is 0. The van der Waals surface area contributed by atoms with Crippen molar-refractivity contribution in [3.63, 3.8) is 0 Å². The summed E-state index contributed by atoms with van der Waals surface area (Å²) < 4.78 is 7.49. The van der Waals surface area contributed by atoms with Crippen LogP contribution in [0.25, 0.3) is 0 Å². The molecule has 0 bridgehead atoms. The van der Waals surface area contributed by atoms with E-state index in [1.54, 1.807) is 6.26 Å². The number of nitrogens with one attached hydrogen (secondary N) is 2. The zero-order valence-electron chi connectivity index (χ0n) is 17.4. The molecule has 1 aliphatic carbocycles. The van der Waals surface area contributed by atoms with Gasteiger partial charge in [0.15, 0.2) is 5.96 Å². The van der Waals surface area contributed by atoms with Gasteiger partial charge in [0.25, 0.3) is 0 Å². The van der Waals surface area contributed by atoms with Crippen LogP contribution in [0, 0.1) is 12.8 Å². The van der Waals surface area contributed by atoms with Gasteiger partial charge < -0.3 is 15.1 Å². The maximum atomic E-state index is 5.45. The van der Waals surface area contributed by atoms with Crippen LogP contribution in [0.2, 0.25) is 0 Å². The van der Waals surface area contributed by atoms with Crippen LogP contribution in [0.15, 0.2) is 27.8 Å². The average Bonchev–Trinajstić information content (AvgIpc) is 3.31. The molecule has 0 radical (unpaired) electrons. The van der Waals surface area contributed by atoms with Gasteiger partial charge in [-0.2, -0.15) is 5.10 Å². The van der Waals surface area contributed by atoms with E-state index in [-0.39, 0.29) is 24.0 Å². The Morgan fingerprint density at radius 3 is 2.93 bits per heavy atom. The number of aromatic nitrogens is 3. The largest absolute Gasteiger partial charge is 0.469 e. The Kier molecular flexibility index (Phi) is 7.97. The zero-order chi connectivity index (χ0) is 19.3. The van der Waals surface area contributed by atoms with Gasteiger partial charge in [-0.25, -0.2) is 9.67 Å². The first-order valence-electron chi connectivity index (χ1n) is 10.7. The minimum atomic E-state index is 0. The molecule has 0 saturated heterocycles. The predicted octanol–water partition coefficient (Wildman–Crippen LogP) is 3.47. The van der Waals surface area contributed by atoms with Crippen molar-refractivity contribution in [3.05, 3.63) is 35.8 Å². The first-order chi connectivity index (χ1) is 13.7. The average molecular weight is 512 g/mol. The summed E-state index contributed by atoms with van der Waals surface area (Å²) in [5, 5.41) is 11.9. The predicted molar refractivity (Wildman–Crippen MR) is 125 cm³/mol. The number of fused-ring (bicyclic) bond motifs is 1. The number of aryl methyl sites for hydroxylation is 2. The number of furan rings is 1. The van der Waals surface area contributed by atoms with Gasteiger partial charge in [0.1, 0.15) is 17.4 Å². The molecule has 1 saturated carbocycles. The normalized spacial score (nSPS) is 24.5. The molecular formula is C21H33IN6O. The molecule has 0 amide bonds. The minimum absolute atomic E-state index is 0. The quantitative estimate of drug-likeness (QED) is 0.365. The summed E-state index contributed by atoms with van der Waals surface area (Å²) >= 11 is 0. The highest BCUT2D eigenvalue weighted by molar-refractivity contribution is 14.0. The van der Waals surface area contributed by atoms with Gasteiger partial charge in [-0.15, -0.1) is 24.0 Å². The van der Waals surface area contributed by atoms with Crippen molar-refractivity contribution in [1.82, 2.24) is 25.4 Å². The van der Waals surface area contributed by atoms with Crippen molar-refractivity contribution in [2.24, 2.45) is 10.9 Å². The van der Waals surface area contributed by atoms with Crippen LogP contribution in [0.3, 0.4) is 0 Å². The van der Waals surface area contributed by atoms with Crippen LogP contribution in [-0.2, 0) is 19.4 Å². The Balaban J connectivity index is 0.00000240. The lowest BCUT2D eigenvalue weighted by atomic mass is 9.86. The SMILES string of the molecule is Cc1nc2n(n1)CC(NC(=NCCc1ccco1)NC1CCCCC1C)CC2.I. The van der Waals surface area contributed by atoms with Crippen molar-refractivity contribution < 1.29 is 4.42 Å². The molecule has 1 aliphatic heterocycles. The minimum Gasteiger partial charge on any atom is -0.469 e. The topological polar surface area (TPSA) is 80.3 Å². The number of hydrogen-bond acceptors (Lipinski definition) is 4. The van der Waals surface area contributed by atoms with Crippen LogP contribution in [-0.4, -0.2) is 39.4 Å². The zero-order valence-corrected chi connectivity index (χ0v) is 19.8. The Hall–Kier alpha value is -1.58. The number of aliphatic imine (C=N–C) groups is 1. The van der Waals surface area contributed by atoms with Gasteiger partial charge in [-0.05, 0) is 44.2 Å².